The average molecular weight is 627 g/mol. The van der Waals surface area contributed by atoms with Gasteiger partial charge in [-0.2, -0.15) is 0 Å². The Balaban J connectivity index is 0.00000800. The molecule has 0 unspecified atom stereocenters. The molecular formula is C29H48CaO8P2. The van der Waals surface area contributed by atoms with Crippen molar-refractivity contribution in [3.05, 3.63) is 57.6 Å². The van der Waals surface area contributed by atoms with E-state index < -0.39 is 26.5 Å². The van der Waals surface area contributed by atoms with Gasteiger partial charge >= 0.3 is 53.4 Å². The molecule has 0 fully saturated rings. The summed E-state index contributed by atoms with van der Waals surface area (Å²) in [5.74, 6) is 0.119. The molecule has 224 valence electrons. The van der Waals surface area contributed by atoms with Gasteiger partial charge in [-0.05, 0) is 43.9 Å². The first-order valence-corrected chi connectivity index (χ1v) is 16.0. The van der Waals surface area contributed by atoms with Crippen molar-refractivity contribution in [2.45, 2.75) is 111 Å². The predicted octanol–water partition coefficient (Wildman–Crippen LogP) is 6.49. The molecule has 0 amide bonds. The fourth-order valence-electron chi connectivity index (χ4n) is 4.28. The normalized spacial score (nSPS) is 13.6. The number of rotatable bonds is 6. The Morgan fingerprint density at radius 2 is 0.825 bits per heavy atom. The molecule has 0 aliphatic rings. The van der Waals surface area contributed by atoms with Crippen LogP contribution in [0.4, 0.5) is 0 Å². The van der Waals surface area contributed by atoms with E-state index in [9.17, 15) is 28.7 Å². The number of phosphoric ester groups is 2. The third kappa shape index (κ3) is 10.4. The van der Waals surface area contributed by atoms with Crippen molar-refractivity contribution >= 4 is 53.4 Å². The van der Waals surface area contributed by atoms with Crippen molar-refractivity contribution in [3.63, 3.8) is 0 Å². The van der Waals surface area contributed by atoms with Gasteiger partial charge < -0.3 is 9.05 Å². The molecular weight excluding hydrogens is 578 g/mol. The van der Waals surface area contributed by atoms with E-state index in [0.29, 0.717) is 22.3 Å². The Morgan fingerprint density at radius 1 is 0.550 bits per heavy atom. The van der Waals surface area contributed by atoms with E-state index in [4.69, 9.17) is 9.05 Å². The summed E-state index contributed by atoms with van der Waals surface area (Å²) in [5, 5.41) is 0. The fourth-order valence-corrected chi connectivity index (χ4v) is 5.19. The first-order valence-electron chi connectivity index (χ1n) is 13.0. The molecule has 0 aromatic heterocycles. The summed E-state index contributed by atoms with van der Waals surface area (Å²) >= 11 is 0. The second-order valence-corrected chi connectivity index (χ2v) is 16.7. The molecule has 2 aromatic rings. The molecule has 4 N–H and O–H groups in total. The van der Waals surface area contributed by atoms with Crippen LogP contribution in [0.1, 0.15) is 116 Å². The summed E-state index contributed by atoms with van der Waals surface area (Å²) in [6.07, 6.45) is 0.0602. The van der Waals surface area contributed by atoms with Crippen LogP contribution in [-0.2, 0) is 37.2 Å². The van der Waals surface area contributed by atoms with Gasteiger partial charge in [-0.1, -0.05) is 107 Å². The maximum absolute atomic E-state index is 12.1. The predicted molar refractivity (Wildman–Crippen MR) is 164 cm³/mol. The van der Waals surface area contributed by atoms with Gasteiger partial charge in [-0.15, -0.1) is 0 Å². The SMILES string of the molecule is CC(C)(C)c1cc(Cc2cc(C(C)(C)C)cc(C(C)(C)C)c2OP(=O)(O)O)c(OP(=O)(O)O)c(C(C)(C)C)c1.[CaH2]. The summed E-state index contributed by atoms with van der Waals surface area (Å²) in [4.78, 5) is 39.4. The van der Waals surface area contributed by atoms with Gasteiger partial charge in [0, 0.05) is 17.5 Å². The molecule has 40 heavy (non-hydrogen) atoms. The Hall–Kier alpha value is -0.400. The molecule has 0 aliphatic carbocycles. The van der Waals surface area contributed by atoms with Gasteiger partial charge in [-0.3, -0.25) is 19.6 Å². The van der Waals surface area contributed by atoms with Crippen molar-refractivity contribution < 1.29 is 37.8 Å². The Labute approximate surface area is 269 Å². The minimum absolute atomic E-state index is 0. The van der Waals surface area contributed by atoms with Crippen LogP contribution in [0.3, 0.4) is 0 Å². The Kier molecular flexibility index (Phi) is 11.6. The molecule has 0 heterocycles. The molecule has 0 spiro atoms. The molecule has 0 radical (unpaired) electrons. The molecule has 0 atom stereocenters. The van der Waals surface area contributed by atoms with Gasteiger partial charge in [-0.25, -0.2) is 9.13 Å². The minimum atomic E-state index is -4.94. The van der Waals surface area contributed by atoms with Gasteiger partial charge in [0.1, 0.15) is 11.5 Å². The van der Waals surface area contributed by atoms with Crippen LogP contribution in [0.5, 0.6) is 11.5 Å². The van der Waals surface area contributed by atoms with Gasteiger partial charge in [0.15, 0.2) is 0 Å². The maximum atomic E-state index is 12.1. The van der Waals surface area contributed by atoms with Crippen LogP contribution in [-0.4, -0.2) is 57.3 Å². The van der Waals surface area contributed by atoms with Crippen molar-refractivity contribution in [1.82, 2.24) is 0 Å². The number of hydrogen-bond acceptors (Lipinski definition) is 4. The van der Waals surface area contributed by atoms with Gasteiger partial charge in [0.05, 0.1) is 0 Å². The standard InChI is InChI=1S/C29H46O8P2.Ca.2H/c1-26(2,3)20-14-18(24(36-38(30,31)32)22(16-20)28(7,8)9)13-19-15-21(27(4,5)6)17-23(29(10,11)12)25(19)37-39(33,34)35;;;/h14-17H,13H2,1-12H3,(H2,30,31,32)(H2,33,34,35);;;. The first kappa shape index (κ1) is 37.6. The average Bonchev–Trinajstić information content (AvgIpc) is 2.64. The molecule has 0 bridgehead atoms. The van der Waals surface area contributed by atoms with Gasteiger partial charge in [0.2, 0.25) is 0 Å². The van der Waals surface area contributed by atoms with E-state index in [1.807, 2.05) is 107 Å². The monoisotopic (exact) mass is 626 g/mol. The molecule has 0 aliphatic heterocycles. The van der Waals surface area contributed by atoms with E-state index in [-0.39, 0.29) is 66.5 Å². The second kappa shape index (κ2) is 12.3. The molecule has 0 saturated carbocycles. The van der Waals surface area contributed by atoms with Crippen LogP contribution in [0.25, 0.3) is 0 Å². The molecule has 11 heteroatoms. The zero-order valence-corrected chi connectivity index (χ0v) is 27.1. The van der Waals surface area contributed by atoms with E-state index in [0.717, 1.165) is 11.1 Å². The van der Waals surface area contributed by atoms with E-state index in [1.165, 1.54) is 0 Å². The fraction of sp³-hybridized carbons (Fsp3) is 0.586. The van der Waals surface area contributed by atoms with Crippen LogP contribution >= 0.6 is 15.6 Å². The topological polar surface area (TPSA) is 134 Å². The van der Waals surface area contributed by atoms with Crippen LogP contribution < -0.4 is 9.05 Å². The second-order valence-electron chi connectivity index (χ2n) is 14.4. The summed E-state index contributed by atoms with van der Waals surface area (Å²) in [6, 6.07) is 7.52. The van der Waals surface area contributed by atoms with Crippen molar-refractivity contribution in [3.8, 4) is 11.5 Å². The van der Waals surface area contributed by atoms with E-state index in [1.54, 1.807) is 0 Å². The van der Waals surface area contributed by atoms with Crippen LogP contribution in [0.2, 0.25) is 0 Å². The summed E-state index contributed by atoms with van der Waals surface area (Å²) in [7, 11) is -9.89. The van der Waals surface area contributed by atoms with Crippen molar-refractivity contribution in [1.29, 1.82) is 0 Å². The van der Waals surface area contributed by atoms with Crippen LogP contribution in [0.15, 0.2) is 24.3 Å². The van der Waals surface area contributed by atoms with E-state index >= 15 is 0 Å². The molecule has 8 nitrogen and oxygen atoms in total. The molecule has 2 rings (SSSR count). The Morgan fingerprint density at radius 3 is 1.02 bits per heavy atom. The third-order valence-electron chi connectivity index (χ3n) is 6.48. The number of benzene rings is 2. The quantitative estimate of drug-likeness (QED) is 0.211. The first-order chi connectivity index (χ1) is 17.1. The number of phosphoric acid groups is 2. The third-order valence-corrected chi connectivity index (χ3v) is 7.32. The van der Waals surface area contributed by atoms with Crippen LogP contribution in [0, 0.1) is 0 Å². The molecule has 2 aromatic carbocycles. The van der Waals surface area contributed by atoms with Crippen molar-refractivity contribution in [2.24, 2.45) is 0 Å². The summed E-state index contributed by atoms with van der Waals surface area (Å²) in [6.45, 7) is 23.9. The number of hydrogen-bond donors (Lipinski definition) is 4. The van der Waals surface area contributed by atoms with E-state index in [2.05, 4.69) is 0 Å². The zero-order chi connectivity index (χ0) is 30.6. The summed E-state index contributed by atoms with van der Waals surface area (Å²) < 4.78 is 35.0. The summed E-state index contributed by atoms with van der Waals surface area (Å²) in [5.41, 5.74) is 2.40. The molecule has 0 saturated heterocycles. The Bertz CT molecular complexity index is 1210. The zero-order valence-electron chi connectivity index (χ0n) is 25.3. The van der Waals surface area contributed by atoms with Crippen molar-refractivity contribution in [2.75, 3.05) is 0 Å². The van der Waals surface area contributed by atoms with Gasteiger partial charge in [0.25, 0.3) is 0 Å².